The fourth-order valence-electron chi connectivity index (χ4n) is 2.03. The van der Waals surface area contributed by atoms with Gasteiger partial charge < -0.3 is 10.1 Å². The maximum absolute atomic E-state index is 12.7. The van der Waals surface area contributed by atoms with Crippen molar-refractivity contribution in [3.63, 3.8) is 0 Å². The SMILES string of the molecule is CNC(=O)c1cccc(S(=O)(=O)N(C)c2ccc(OC)cc2)c1. The predicted octanol–water partition coefficient (Wildman–Crippen LogP) is 1.88. The molecule has 0 aliphatic rings. The molecule has 0 saturated carbocycles. The van der Waals surface area contributed by atoms with Crippen molar-refractivity contribution in [3.8, 4) is 5.75 Å². The molecule has 0 radical (unpaired) electrons. The molecular weight excluding hydrogens is 316 g/mol. The first-order valence-electron chi connectivity index (χ1n) is 6.85. The molecule has 0 saturated heterocycles. The lowest BCUT2D eigenvalue weighted by Gasteiger charge is -2.20. The van der Waals surface area contributed by atoms with E-state index in [0.717, 1.165) is 4.31 Å². The van der Waals surface area contributed by atoms with Crippen LogP contribution in [0.1, 0.15) is 10.4 Å². The number of sulfonamides is 1. The number of ether oxygens (including phenoxy) is 1. The first kappa shape index (κ1) is 16.8. The second kappa shape index (κ2) is 6.70. The van der Waals surface area contributed by atoms with E-state index in [0.29, 0.717) is 11.4 Å². The van der Waals surface area contributed by atoms with Crippen LogP contribution in [0.15, 0.2) is 53.4 Å². The molecule has 0 heterocycles. The number of carbonyl (C=O) groups excluding carboxylic acids is 1. The van der Waals surface area contributed by atoms with Crippen molar-refractivity contribution >= 4 is 21.6 Å². The van der Waals surface area contributed by atoms with Crippen LogP contribution in [0.5, 0.6) is 5.75 Å². The summed E-state index contributed by atoms with van der Waals surface area (Å²) in [7, 11) is 0.733. The maximum Gasteiger partial charge on any atom is 0.264 e. The van der Waals surface area contributed by atoms with Gasteiger partial charge in [-0.15, -0.1) is 0 Å². The Morgan fingerprint density at radius 3 is 2.35 bits per heavy atom. The van der Waals surface area contributed by atoms with Gasteiger partial charge in [-0.25, -0.2) is 8.42 Å². The number of hydrogen-bond donors (Lipinski definition) is 1. The standard InChI is InChI=1S/C16H18N2O4S/c1-17-16(19)12-5-4-6-15(11-12)23(20,21)18(2)13-7-9-14(22-3)10-8-13/h4-11H,1-3H3,(H,17,19). The lowest BCUT2D eigenvalue weighted by molar-refractivity contribution is 0.0963. The number of rotatable bonds is 5. The average molecular weight is 334 g/mol. The van der Waals surface area contributed by atoms with Gasteiger partial charge in [-0.2, -0.15) is 0 Å². The van der Waals surface area contributed by atoms with E-state index < -0.39 is 10.0 Å². The predicted molar refractivity (Wildman–Crippen MR) is 88.4 cm³/mol. The van der Waals surface area contributed by atoms with E-state index in [4.69, 9.17) is 4.74 Å². The smallest absolute Gasteiger partial charge is 0.264 e. The molecule has 6 nitrogen and oxygen atoms in total. The second-order valence-corrected chi connectivity index (χ2v) is 6.75. The summed E-state index contributed by atoms with van der Waals surface area (Å²) in [6, 6.07) is 12.6. The monoisotopic (exact) mass is 334 g/mol. The Kier molecular flexibility index (Phi) is 4.90. The van der Waals surface area contributed by atoms with Gasteiger partial charge in [0.25, 0.3) is 15.9 Å². The van der Waals surface area contributed by atoms with E-state index in [9.17, 15) is 13.2 Å². The normalized spacial score (nSPS) is 10.9. The van der Waals surface area contributed by atoms with Gasteiger partial charge in [0.05, 0.1) is 17.7 Å². The summed E-state index contributed by atoms with van der Waals surface area (Å²) >= 11 is 0. The third kappa shape index (κ3) is 3.45. The number of hydrogen-bond acceptors (Lipinski definition) is 4. The maximum atomic E-state index is 12.7. The zero-order valence-electron chi connectivity index (χ0n) is 13.1. The number of methoxy groups -OCH3 is 1. The Morgan fingerprint density at radius 2 is 1.78 bits per heavy atom. The van der Waals surface area contributed by atoms with E-state index >= 15 is 0 Å². The summed E-state index contributed by atoms with van der Waals surface area (Å²) in [5, 5.41) is 2.47. The largest absolute Gasteiger partial charge is 0.497 e. The van der Waals surface area contributed by atoms with Crippen LogP contribution in [-0.4, -0.2) is 35.5 Å². The molecule has 2 aromatic rings. The van der Waals surface area contributed by atoms with Crippen molar-refractivity contribution in [3.05, 3.63) is 54.1 Å². The van der Waals surface area contributed by atoms with Gasteiger partial charge >= 0.3 is 0 Å². The minimum absolute atomic E-state index is 0.0527. The summed E-state index contributed by atoms with van der Waals surface area (Å²) in [5.41, 5.74) is 0.785. The Labute approximate surface area is 135 Å². The molecule has 0 bridgehead atoms. The van der Waals surface area contributed by atoms with E-state index in [1.807, 2.05) is 0 Å². The molecular formula is C16H18N2O4S. The minimum atomic E-state index is -3.76. The molecule has 2 rings (SSSR count). The molecule has 0 spiro atoms. The highest BCUT2D eigenvalue weighted by molar-refractivity contribution is 7.92. The molecule has 0 aromatic heterocycles. The molecule has 23 heavy (non-hydrogen) atoms. The Balaban J connectivity index is 2.38. The van der Waals surface area contributed by atoms with Crippen LogP contribution >= 0.6 is 0 Å². The Bertz CT molecular complexity index is 801. The molecule has 0 aliphatic heterocycles. The van der Waals surface area contributed by atoms with Crippen LogP contribution in [0, 0.1) is 0 Å². The number of amides is 1. The van der Waals surface area contributed by atoms with Crippen molar-refractivity contribution in [2.75, 3.05) is 25.5 Å². The first-order valence-corrected chi connectivity index (χ1v) is 8.29. The van der Waals surface area contributed by atoms with Gasteiger partial charge in [0.1, 0.15) is 5.75 Å². The lowest BCUT2D eigenvalue weighted by Crippen LogP contribution is -2.27. The van der Waals surface area contributed by atoms with Crippen molar-refractivity contribution in [1.29, 1.82) is 0 Å². The molecule has 1 N–H and O–H groups in total. The second-order valence-electron chi connectivity index (χ2n) is 4.78. The fourth-order valence-corrected chi connectivity index (χ4v) is 3.27. The lowest BCUT2D eigenvalue weighted by atomic mass is 10.2. The van der Waals surface area contributed by atoms with Crippen molar-refractivity contribution in [2.45, 2.75) is 4.90 Å². The van der Waals surface area contributed by atoms with Crippen molar-refractivity contribution in [1.82, 2.24) is 5.32 Å². The van der Waals surface area contributed by atoms with Gasteiger partial charge in [-0.05, 0) is 42.5 Å². The zero-order valence-corrected chi connectivity index (χ0v) is 13.9. The van der Waals surface area contributed by atoms with Crippen molar-refractivity contribution < 1.29 is 17.9 Å². The van der Waals surface area contributed by atoms with Crippen LogP contribution in [0.2, 0.25) is 0 Å². The van der Waals surface area contributed by atoms with Gasteiger partial charge in [0.15, 0.2) is 0 Å². The topological polar surface area (TPSA) is 75.7 Å². The number of carbonyl (C=O) groups is 1. The van der Waals surface area contributed by atoms with E-state index in [1.54, 1.807) is 43.5 Å². The summed E-state index contributed by atoms with van der Waals surface area (Å²) in [6.07, 6.45) is 0. The summed E-state index contributed by atoms with van der Waals surface area (Å²) < 4.78 is 31.6. The third-order valence-electron chi connectivity index (χ3n) is 3.42. The van der Waals surface area contributed by atoms with Gasteiger partial charge in [0.2, 0.25) is 0 Å². The number of anilines is 1. The Hall–Kier alpha value is -2.54. The number of nitrogens with zero attached hydrogens (tertiary/aromatic N) is 1. The third-order valence-corrected chi connectivity index (χ3v) is 5.20. The minimum Gasteiger partial charge on any atom is -0.497 e. The quantitative estimate of drug-likeness (QED) is 0.906. The molecule has 122 valence electrons. The van der Waals surface area contributed by atoms with Crippen molar-refractivity contribution in [2.24, 2.45) is 0 Å². The summed E-state index contributed by atoms with van der Waals surface area (Å²) in [4.78, 5) is 11.7. The van der Waals surface area contributed by atoms with Crippen LogP contribution < -0.4 is 14.4 Å². The molecule has 2 aromatic carbocycles. The van der Waals surface area contributed by atoms with Crippen LogP contribution in [0.4, 0.5) is 5.69 Å². The molecule has 0 unspecified atom stereocenters. The fraction of sp³-hybridized carbons (Fsp3) is 0.188. The van der Waals surface area contributed by atoms with E-state index in [-0.39, 0.29) is 16.4 Å². The highest BCUT2D eigenvalue weighted by atomic mass is 32.2. The van der Waals surface area contributed by atoms with Gasteiger partial charge in [0, 0.05) is 19.7 Å². The number of benzene rings is 2. The summed E-state index contributed by atoms with van der Waals surface area (Å²) in [5.74, 6) is 0.301. The van der Waals surface area contributed by atoms with Crippen LogP contribution in [0.3, 0.4) is 0 Å². The Morgan fingerprint density at radius 1 is 1.13 bits per heavy atom. The van der Waals surface area contributed by atoms with Crippen LogP contribution in [-0.2, 0) is 10.0 Å². The molecule has 7 heteroatoms. The number of nitrogens with one attached hydrogen (secondary N) is 1. The molecule has 0 fully saturated rings. The van der Waals surface area contributed by atoms with E-state index in [1.165, 1.54) is 26.2 Å². The molecule has 0 aliphatic carbocycles. The van der Waals surface area contributed by atoms with Crippen LogP contribution in [0.25, 0.3) is 0 Å². The molecule has 1 amide bonds. The first-order chi connectivity index (χ1) is 10.9. The molecule has 0 atom stereocenters. The highest BCUT2D eigenvalue weighted by Crippen LogP contribution is 2.24. The van der Waals surface area contributed by atoms with Gasteiger partial charge in [-0.3, -0.25) is 9.10 Å². The van der Waals surface area contributed by atoms with Gasteiger partial charge in [-0.1, -0.05) is 6.07 Å². The summed E-state index contributed by atoms with van der Waals surface area (Å²) in [6.45, 7) is 0. The highest BCUT2D eigenvalue weighted by Gasteiger charge is 2.22. The zero-order chi connectivity index (χ0) is 17.0. The average Bonchev–Trinajstić information content (AvgIpc) is 2.60. The van der Waals surface area contributed by atoms with E-state index in [2.05, 4.69) is 5.32 Å².